The van der Waals surface area contributed by atoms with Gasteiger partial charge in [0.1, 0.15) is 0 Å². The third-order valence-electron chi connectivity index (χ3n) is 3.12. The molecule has 1 heterocycles. The van der Waals surface area contributed by atoms with E-state index < -0.39 is 0 Å². The van der Waals surface area contributed by atoms with Gasteiger partial charge in [-0.2, -0.15) is 0 Å². The lowest BCUT2D eigenvalue weighted by Crippen LogP contribution is -2.26. The van der Waals surface area contributed by atoms with E-state index in [0.29, 0.717) is 22.8 Å². The molecule has 2 N–H and O–H groups in total. The molecule has 0 saturated carbocycles. The van der Waals surface area contributed by atoms with Crippen LogP contribution >= 0.6 is 22.9 Å². The Bertz CT molecular complexity index is 584. The van der Waals surface area contributed by atoms with Crippen molar-refractivity contribution < 1.29 is 4.79 Å². The summed E-state index contributed by atoms with van der Waals surface area (Å²) < 4.78 is 0. The Morgan fingerprint density at radius 1 is 1.40 bits per heavy atom. The zero-order chi connectivity index (χ0) is 14.5. The van der Waals surface area contributed by atoms with Crippen molar-refractivity contribution in [1.29, 1.82) is 0 Å². The van der Waals surface area contributed by atoms with E-state index in [1.807, 2.05) is 6.07 Å². The maximum Gasteiger partial charge on any atom is 0.226 e. The average Bonchev–Trinajstić information content (AvgIpc) is 2.94. The van der Waals surface area contributed by atoms with E-state index in [0.717, 1.165) is 12.8 Å². The first kappa shape index (κ1) is 14.9. The Morgan fingerprint density at radius 3 is 2.90 bits per heavy atom. The molecule has 2 rings (SSSR count). The van der Waals surface area contributed by atoms with Gasteiger partial charge in [0.2, 0.25) is 5.91 Å². The number of halogens is 1. The van der Waals surface area contributed by atoms with Crippen molar-refractivity contribution in [2.75, 3.05) is 17.7 Å². The van der Waals surface area contributed by atoms with Crippen LogP contribution in [0.1, 0.15) is 17.7 Å². The van der Waals surface area contributed by atoms with Crippen LogP contribution in [-0.2, 0) is 11.2 Å². The number of aryl methyl sites for hydroxylation is 1. The second kappa shape index (κ2) is 6.77. The lowest BCUT2D eigenvalue weighted by molar-refractivity contribution is -0.118. The minimum Gasteiger partial charge on any atom is -0.397 e. The predicted molar refractivity (Wildman–Crippen MR) is 86.5 cm³/mol. The second-order valence-electron chi connectivity index (χ2n) is 4.59. The molecule has 1 aromatic heterocycles. The highest BCUT2D eigenvalue weighted by Crippen LogP contribution is 2.26. The number of benzene rings is 1. The molecule has 2 aromatic rings. The van der Waals surface area contributed by atoms with Crippen molar-refractivity contribution in [1.82, 2.24) is 0 Å². The third kappa shape index (κ3) is 3.74. The molecule has 5 heteroatoms. The SMILES string of the molecule is CN(C(=O)CCCc1cccs1)c1cc(Cl)ccc1N. The predicted octanol–water partition coefficient (Wildman–Crippen LogP) is 3.97. The Balaban J connectivity index is 1.93. The molecule has 0 radical (unpaired) electrons. The molecule has 0 unspecified atom stereocenters. The molecular weight excluding hydrogens is 292 g/mol. The maximum atomic E-state index is 12.2. The number of rotatable bonds is 5. The summed E-state index contributed by atoms with van der Waals surface area (Å²) in [5.74, 6) is 0.0514. The summed E-state index contributed by atoms with van der Waals surface area (Å²) in [5.41, 5.74) is 7.11. The quantitative estimate of drug-likeness (QED) is 0.850. The van der Waals surface area contributed by atoms with E-state index in [-0.39, 0.29) is 5.91 Å². The summed E-state index contributed by atoms with van der Waals surface area (Å²) in [4.78, 5) is 15.1. The highest BCUT2D eigenvalue weighted by molar-refractivity contribution is 7.09. The van der Waals surface area contributed by atoms with Gasteiger partial charge in [0.05, 0.1) is 11.4 Å². The van der Waals surface area contributed by atoms with Gasteiger partial charge < -0.3 is 10.6 Å². The lowest BCUT2D eigenvalue weighted by Gasteiger charge is -2.19. The zero-order valence-electron chi connectivity index (χ0n) is 11.3. The molecule has 3 nitrogen and oxygen atoms in total. The highest BCUT2D eigenvalue weighted by atomic mass is 35.5. The molecule has 0 aliphatic heterocycles. The lowest BCUT2D eigenvalue weighted by atomic mass is 10.2. The molecular formula is C15H17ClN2OS. The summed E-state index contributed by atoms with van der Waals surface area (Å²) in [6.07, 6.45) is 2.27. The molecule has 0 aliphatic rings. The summed E-state index contributed by atoms with van der Waals surface area (Å²) in [7, 11) is 1.73. The number of hydrogen-bond acceptors (Lipinski definition) is 3. The smallest absolute Gasteiger partial charge is 0.226 e. The highest BCUT2D eigenvalue weighted by Gasteiger charge is 2.13. The Kier molecular flexibility index (Phi) is 5.04. The fraction of sp³-hybridized carbons (Fsp3) is 0.267. The van der Waals surface area contributed by atoms with Gasteiger partial charge in [-0.3, -0.25) is 4.79 Å². The first-order valence-corrected chi connectivity index (χ1v) is 7.67. The molecule has 1 amide bonds. The van der Waals surface area contributed by atoms with Crippen LogP contribution in [0.5, 0.6) is 0 Å². The van der Waals surface area contributed by atoms with E-state index >= 15 is 0 Å². The van der Waals surface area contributed by atoms with E-state index in [1.54, 1.807) is 41.5 Å². The Morgan fingerprint density at radius 2 is 2.20 bits per heavy atom. The molecule has 0 aliphatic carbocycles. The maximum absolute atomic E-state index is 12.2. The molecule has 1 aromatic carbocycles. The number of nitrogens with zero attached hydrogens (tertiary/aromatic N) is 1. The fourth-order valence-corrected chi connectivity index (χ4v) is 2.90. The largest absolute Gasteiger partial charge is 0.397 e. The zero-order valence-corrected chi connectivity index (χ0v) is 12.9. The van der Waals surface area contributed by atoms with Crippen LogP contribution in [0.3, 0.4) is 0 Å². The molecule has 0 atom stereocenters. The fourth-order valence-electron chi connectivity index (χ4n) is 1.98. The van der Waals surface area contributed by atoms with Crippen LogP contribution < -0.4 is 10.6 Å². The topological polar surface area (TPSA) is 46.3 Å². The molecule has 20 heavy (non-hydrogen) atoms. The number of carbonyl (C=O) groups excluding carboxylic acids is 1. The van der Waals surface area contributed by atoms with Crippen LogP contribution in [0.25, 0.3) is 0 Å². The van der Waals surface area contributed by atoms with Gasteiger partial charge in [-0.15, -0.1) is 11.3 Å². The van der Waals surface area contributed by atoms with Crippen LogP contribution in [0.15, 0.2) is 35.7 Å². The molecule has 0 fully saturated rings. The van der Waals surface area contributed by atoms with E-state index in [4.69, 9.17) is 17.3 Å². The molecule has 0 bridgehead atoms. The van der Waals surface area contributed by atoms with Crippen LogP contribution in [0.2, 0.25) is 5.02 Å². The summed E-state index contributed by atoms with van der Waals surface area (Å²) in [5, 5.41) is 2.63. The molecule has 106 valence electrons. The van der Waals surface area contributed by atoms with Crippen molar-refractivity contribution in [3.8, 4) is 0 Å². The molecule has 0 spiro atoms. The first-order valence-electron chi connectivity index (χ1n) is 6.42. The number of nitrogen functional groups attached to an aromatic ring is 1. The van der Waals surface area contributed by atoms with Crippen molar-refractivity contribution in [3.63, 3.8) is 0 Å². The van der Waals surface area contributed by atoms with E-state index in [2.05, 4.69) is 11.4 Å². The van der Waals surface area contributed by atoms with Crippen LogP contribution in [0, 0.1) is 0 Å². The summed E-state index contributed by atoms with van der Waals surface area (Å²) in [6, 6.07) is 9.27. The van der Waals surface area contributed by atoms with Gasteiger partial charge >= 0.3 is 0 Å². The van der Waals surface area contributed by atoms with Gasteiger partial charge in [-0.05, 0) is 42.5 Å². The minimum atomic E-state index is 0.0514. The second-order valence-corrected chi connectivity index (χ2v) is 6.06. The Hall–Kier alpha value is -1.52. The number of anilines is 2. The monoisotopic (exact) mass is 308 g/mol. The minimum absolute atomic E-state index is 0.0514. The number of thiophene rings is 1. The van der Waals surface area contributed by atoms with Crippen LogP contribution in [-0.4, -0.2) is 13.0 Å². The number of nitrogens with two attached hydrogens (primary N) is 1. The van der Waals surface area contributed by atoms with Gasteiger partial charge in [0.15, 0.2) is 0 Å². The Labute approximate surface area is 128 Å². The number of hydrogen-bond donors (Lipinski definition) is 1. The summed E-state index contributed by atoms with van der Waals surface area (Å²) >= 11 is 7.67. The van der Waals surface area contributed by atoms with E-state index in [9.17, 15) is 4.79 Å². The normalized spacial score (nSPS) is 10.5. The van der Waals surface area contributed by atoms with Gasteiger partial charge in [0.25, 0.3) is 0 Å². The number of carbonyl (C=O) groups is 1. The third-order valence-corrected chi connectivity index (χ3v) is 4.29. The number of amides is 1. The van der Waals surface area contributed by atoms with Crippen molar-refractivity contribution in [2.45, 2.75) is 19.3 Å². The van der Waals surface area contributed by atoms with Crippen LogP contribution in [0.4, 0.5) is 11.4 Å². The van der Waals surface area contributed by atoms with Gasteiger partial charge in [0, 0.05) is 23.4 Å². The summed E-state index contributed by atoms with van der Waals surface area (Å²) in [6.45, 7) is 0. The van der Waals surface area contributed by atoms with Crippen molar-refractivity contribution in [2.24, 2.45) is 0 Å². The average molecular weight is 309 g/mol. The molecule has 0 saturated heterocycles. The van der Waals surface area contributed by atoms with Gasteiger partial charge in [-0.1, -0.05) is 17.7 Å². The van der Waals surface area contributed by atoms with Crippen molar-refractivity contribution >= 4 is 40.2 Å². The standard InChI is InChI=1S/C15H17ClN2OS/c1-18(14-10-11(16)7-8-13(14)17)15(19)6-2-4-12-5-3-9-20-12/h3,5,7-10H,2,4,6,17H2,1H3. The van der Waals surface area contributed by atoms with Crippen molar-refractivity contribution in [3.05, 3.63) is 45.6 Å². The first-order chi connectivity index (χ1) is 9.58. The van der Waals surface area contributed by atoms with E-state index in [1.165, 1.54) is 4.88 Å². The van der Waals surface area contributed by atoms with Gasteiger partial charge in [-0.25, -0.2) is 0 Å².